The molecule has 1 aromatic rings. The molecule has 0 bridgehead atoms. The molecule has 0 saturated heterocycles. The third-order valence-electron chi connectivity index (χ3n) is 3.43. The number of hydrogen-bond acceptors (Lipinski definition) is 2. The fourth-order valence-corrected chi connectivity index (χ4v) is 2.06. The topological polar surface area (TPSA) is 26.3 Å². The van der Waals surface area contributed by atoms with Crippen LogP contribution in [0.4, 0.5) is 0 Å². The van der Waals surface area contributed by atoms with Crippen LogP contribution in [-0.2, 0) is 0 Å². The number of Topliss-reactive ketones (excluding diaryl/α,β-unsaturated/α-hetero) is 1. The van der Waals surface area contributed by atoms with Gasteiger partial charge in [0.1, 0.15) is 5.75 Å². The number of hydrogen-bond donors (Lipinski definition) is 0. The molecule has 0 spiro atoms. The summed E-state index contributed by atoms with van der Waals surface area (Å²) in [6.45, 7) is 4.03. The Balaban J connectivity index is 2.23. The highest BCUT2D eigenvalue weighted by Gasteiger charge is 2.31. The van der Waals surface area contributed by atoms with Crippen LogP contribution >= 0.6 is 0 Å². The fourth-order valence-electron chi connectivity index (χ4n) is 2.06. The van der Waals surface area contributed by atoms with Crippen molar-refractivity contribution in [2.75, 3.05) is 7.11 Å². The minimum atomic E-state index is -0.423. The first-order valence-electron chi connectivity index (χ1n) is 6.10. The standard InChI is InChI=1S/C16H18O2/c1-12-8-10-16(2,11-9-12)15(17)13-4-6-14(18-3)7-5-13/h4-10H,11H2,1-3H3/t16-/m0/s1. The number of benzene rings is 1. The zero-order chi connectivity index (χ0) is 13.2. The van der Waals surface area contributed by atoms with E-state index in [1.54, 1.807) is 7.11 Å². The van der Waals surface area contributed by atoms with Gasteiger partial charge in [-0.3, -0.25) is 4.79 Å². The molecular weight excluding hydrogens is 224 g/mol. The van der Waals surface area contributed by atoms with E-state index in [9.17, 15) is 4.79 Å². The summed E-state index contributed by atoms with van der Waals surface area (Å²) in [4.78, 5) is 12.5. The van der Waals surface area contributed by atoms with E-state index in [0.717, 1.165) is 17.7 Å². The molecule has 18 heavy (non-hydrogen) atoms. The lowest BCUT2D eigenvalue weighted by molar-refractivity contribution is 0.0870. The molecule has 0 fully saturated rings. The molecule has 2 nitrogen and oxygen atoms in total. The largest absolute Gasteiger partial charge is 0.497 e. The van der Waals surface area contributed by atoms with Gasteiger partial charge in [0.05, 0.1) is 12.5 Å². The maximum absolute atomic E-state index is 12.5. The predicted octanol–water partition coefficient (Wildman–Crippen LogP) is 3.79. The Bertz CT molecular complexity index is 508. The van der Waals surface area contributed by atoms with Crippen molar-refractivity contribution in [3.8, 4) is 5.75 Å². The van der Waals surface area contributed by atoms with Crippen LogP contribution in [0.1, 0.15) is 30.6 Å². The number of ether oxygens (including phenoxy) is 1. The quantitative estimate of drug-likeness (QED) is 0.754. The van der Waals surface area contributed by atoms with Crippen molar-refractivity contribution in [3.05, 3.63) is 53.6 Å². The number of rotatable bonds is 3. The molecule has 1 aromatic carbocycles. The first-order chi connectivity index (χ1) is 8.55. The monoisotopic (exact) mass is 242 g/mol. The summed E-state index contributed by atoms with van der Waals surface area (Å²) in [5.74, 6) is 0.928. The summed E-state index contributed by atoms with van der Waals surface area (Å²) in [6, 6.07) is 7.30. The van der Waals surface area contributed by atoms with Gasteiger partial charge in [-0.1, -0.05) is 23.8 Å². The van der Waals surface area contributed by atoms with Crippen LogP contribution in [0.5, 0.6) is 5.75 Å². The molecular formula is C16H18O2. The Hall–Kier alpha value is -1.83. The zero-order valence-electron chi connectivity index (χ0n) is 11.1. The lowest BCUT2D eigenvalue weighted by atomic mass is 9.76. The number of ketones is 1. The van der Waals surface area contributed by atoms with Crippen molar-refractivity contribution in [3.63, 3.8) is 0 Å². The van der Waals surface area contributed by atoms with E-state index in [1.165, 1.54) is 5.57 Å². The van der Waals surface area contributed by atoms with Crippen LogP contribution in [0.2, 0.25) is 0 Å². The molecule has 0 aromatic heterocycles. The second-order valence-electron chi connectivity index (χ2n) is 4.96. The fraction of sp³-hybridized carbons (Fsp3) is 0.312. The highest BCUT2D eigenvalue weighted by Crippen LogP contribution is 2.33. The SMILES string of the molecule is COc1ccc(C(=O)[C@@]2(C)C=CC(C)=CC2)cc1. The first-order valence-corrected chi connectivity index (χ1v) is 6.10. The van der Waals surface area contributed by atoms with Gasteiger partial charge >= 0.3 is 0 Å². The molecule has 0 unspecified atom stereocenters. The van der Waals surface area contributed by atoms with Crippen molar-refractivity contribution in [2.24, 2.45) is 5.41 Å². The summed E-state index contributed by atoms with van der Waals surface area (Å²) in [5, 5.41) is 0. The van der Waals surface area contributed by atoms with E-state index < -0.39 is 5.41 Å². The van der Waals surface area contributed by atoms with E-state index >= 15 is 0 Å². The maximum atomic E-state index is 12.5. The lowest BCUT2D eigenvalue weighted by Gasteiger charge is -2.26. The number of allylic oxidation sites excluding steroid dienone is 4. The molecule has 94 valence electrons. The van der Waals surface area contributed by atoms with Crippen LogP contribution in [0.15, 0.2) is 48.1 Å². The van der Waals surface area contributed by atoms with Crippen LogP contribution < -0.4 is 4.74 Å². The minimum absolute atomic E-state index is 0.158. The second kappa shape index (κ2) is 4.81. The summed E-state index contributed by atoms with van der Waals surface area (Å²) in [5.41, 5.74) is 1.53. The predicted molar refractivity (Wildman–Crippen MR) is 72.9 cm³/mol. The van der Waals surface area contributed by atoms with Gasteiger partial charge in [-0.2, -0.15) is 0 Å². The number of carbonyl (C=O) groups is 1. The van der Waals surface area contributed by atoms with Gasteiger partial charge in [-0.05, 0) is 44.5 Å². The zero-order valence-corrected chi connectivity index (χ0v) is 11.1. The average molecular weight is 242 g/mol. The van der Waals surface area contributed by atoms with Crippen LogP contribution in [0, 0.1) is 5.41 Å². The van der Waals surface area contributed by atoms with Crippen LogP contribution in [0.25, 0.3) is 0 Å². The van der Waals surface area contributed by atoms with Gasteiger partial charge in [0.2, 0.25) is 0 Å². The molecule has 0 aliphatic heterocycles. The Morgan fingerprint density at radius 2 is 1.94 bits per heavy atom. The highest BCUT2D eigenvalue weighted by molar-refractivity contribution is 6.01. The van der Waals surface area contributed by atoms with E-state index in [-0.39, 0.29) is 5.78 Å². The summed E-state index contributed by atoms with van der Waals surface area (Å²) < 4.78 is 5.10. The van der Waals surface area contributed by atoms with Gasteiger partial charge < -0.3 is 4.74 Å². The Labute approximate surface area is 108 Å². The minimum Gasteiger partial charge on any atom is -0.497 e. The molecule has 0 saturated carbocycles. The van der Waals surface area contributed by atoms with Crippen molar-refractivity contribution >= 4 is 5.78 Å². The molecule has 2 rings (SSSR count). The average Bonchev–Trinajstić information content (AvgIpc) is 2.41. The number of carbonyl (C=O) groups excluding carboxylic acids is 1. The highest BCUT2D eigenvalue weighted by atomic mass is 16.5. The van der Waals surface area contributed by atoms with Gasteiger partial charge in [0, 0.05) is 5.56 Å². The lowest BCUT2D eigenvalue weighted by Crippen LogP contribution is -2.26. The van der Waals surface area contributed by atoms with E-state index in [1.807, 2.05) is 50.3 Å². The molecule has 0 amide bonds. The van der Waals surface area contributed by atoms with Gasteiger partial charge in [-0.25, -0.2) is 0 Å². The maximum Gasteiger partial charge on any atom is 0.172 e. The van der Waals surface area contributed by atoms with E-state index in [2.05, 4.69) is 6.08 Å². The molecule has 0 N–H and O–H groups in total. The summed E-state index contributed by atoms with van der Waals surface area (Å²) in [7, 11) is 1.62. The Kier molecular flexibility index (Phi) is 3.37. The Morgan fingerprint density at radius 3 is 2.44 bits per heavy atom. The molecule has 1 aliphatic rings. The smallest absolute Gasteiger partial charge is 0.172 e. The van der Waals surface area contributed by atoms with Crippen molar-refractivity contribution in [2.45, 2.75) is 20.3 Å². The first kappa shape index (κ1) is 12.6. The van der Waals surface area contributed by atoms with Crippen LogP contribution in [-0.4, -0.2) is 12.9 Å². The van der Waals surface area contributed by atoms with Crippen molar-refractivity contribution < 1.29 is 9.53 Å². The van der Waals surface area contributed by atoms with E-state index in [4.69, 9.17) is 4.74 Å². The van der Waals surface area contributed by atoms with Gasteiger partial charge in [0.25, 0.3) is 0 Å². The second-order valence-corrected chi connectivity index (χ2v) is 4.96. The van der Waals surface area contributed by atoms with E-state index in [0.29, 0.717) is 0 Å². The van der Waals surface area contributed by atoms with Gasteiger partial charge in [-0.15, -0.1) is 0 Å². The third kappa shape index (κ3) is 2.37. The third-order valence-corrected chi connectivity index (χ3v) is 3.43. The molecule has 0 radical (unpaired) electrons. The molecule has 1 aliphatic carbocycles. The Morgan fingerprint density at radius 1 is 1.28 bits per heavy atom. The van der Waals surface area contributed by atoms with Gasteiger partial charge in [0.15, 0.2) is 5.78 Å². The van der Waals surface area contributed by atoms with Crippen molar-refractivity contribution in [1.82, 2.24) is 0 Å². The summed E-state index contributed by atoms with van der Waals surface area (Å²) >= 11 is 0. The molecule has 2 heteroatoms. The normalized spacial score (nSPS) is 22.5. The van der Waals surface area contributed by atoms with Crippen LogP contribution in [0.3, 0.4) is 0 Å². The number of methoxy groups -OCH3 is 1. The van der Waals surface area contributed by atoms with Crippen molar-refractivity contribution in [1.29, 1.82) is 0 Å². The summed E-state index contributed by atoms with van der Waals surface area (Å²) in [6.07, 6.45) is 6.90. The molecule has 1 atom stereocenters. The molecule has 0 heterocycles.